The summed E-state index contributed by atoms with van der Waals surface area (Å²) < 4.78 is 18.7. The van der Waals surface area contributed by atoms with Gasteiger partial charge in [0.05, 0.1) is 6.61 Å². The fourth-order valence-electron chi connectivity index (χ4n) is 2.54. The number of hydrogen-bond donors (Lipinski definition) is 2. The maximum Gasteiger partial charge on any atom is 0.312 e. The van der Waals surface area contributed by atoms with Gasteiger partial charge in [0, 0.05) is 12.8 Å². The number of ether oxygens (including phenoxy) is 1. The van der Waals surface area contributed by atoms with E-state index in [0.29, 0.717) is 23.4 Å². The van der Waals surface area contributed by atoms with Crippen LogP contribution in [0.25, 0.3) is 11.2 Å². The van der Waals surface area contributed by atoms with Gasteiger partial charge in [-0.2, -0.15) is 14.4 Å². The van der Waals surface area contributed by atoms with Gasteiger partial charge >= 0.3 is 6.08 Å². The number of nitrogens with one attached hydrogen (secondary N) is 1. The van der Waals surface area contributed by atoms with E-state index in [4.69, 9.17) is 10.5 Å². The van der Waals surface area contributed by atoms with Crippen molar-refractivity contribution in [3.8, 4) is 5.75 Å². The molecule has 1 aliphatic heterocycles. The van der Waals surface area contributed by atoms with Gasteiger partial charge in [-0.25, -0.2) is 4.98 Å². The molecule has 0 saturated carbocycles. The normalized spacial score (nSPS) is 13.4. The zero-order chi connectivity index (χ0) is 14.4. The summed E-state index contributed by atoms with van der Waals surface area (Å²) in [5, 5.41) is 0. The minimum absolute atomic E-state index is 0.0392. The van der Waals surface area contributed by atoms with Gasteiger partial charge in [-0.15, -0.1) is 0 Å². The fraction of sp³-hybridized carbons (Fsp3) is 0.214. The third-order valence-corrected chi connectivity index (χ3v) is 3.53. The first-order chi connectivity index (χ1) is 10.2. The summed E-state index contributed by atoms with van der Waals surface area (Å²) >= 11 is 0. The molecule has 0 unspecified atom stereocenters. The van der Waals surface area contributed by atoms with Crippen molar-refractivity contribution < 1.29 is 9.13 Å². The molecule has 7 heteroatoms. The van der Waals surface area contributed by atoms with Crippen LogP contribution in [0.15, 0.2) is 18.2 Å². The zero-order valence-electron chi connectivity index (χ0n) is 11.1. The molecular weight excluding hydrogens is 273 g/mol. The molecule has 1 aromatic carbocycles. The van der Waals surface area contributed by atoms with Crippen LogP contribution in [0.4, 0.5) is 10.2 Å². The van der Waals surface area contributed by atoms with Crippen molar-refractivity contribution in [3.05, 3.63) is 41.2 Å². The van der Waals surface area contributed by atoms with Gasteiger partial charge in [0.1, 0.15) is 11.6 Å². The average Bonchev–Trinajstić information content (AvgIpc) is 3.04. The smallest absolute Gasteiger partial charge is 0.312 e. The van der Waals surface area contributed by atoms with E-state index in [1.54, 1.807) is 0 Å². The minimum atomic E-state index is -0.860. The van der Waals surface area contributed by atoms with Gasteiger partial charge in [-0.1, -0.05) is 12.1 Å². The SMILES string of the molecule is Nc1nc(F)nc2[nH]c(Cc3ccc4c(c3)OCC4)nc12. The highest BCUT2D eigenvalue weighted by Gasteiger charge is 2.14. The second-order valence-corrected chi connectivity index (χ2v) is 4.98. The lowest BCUT2D eigenvalue weighted by atomic mass is 10.1. The average molecular weight is 285 g/mol. The molecule has 106 valence electrons. The van der Waals surface area contributed by atoms with Crippen molar-refractivity contribution in [2.45, 2.75) is 12.8 Å². The van der Waals surface area contributed by atoms with Crippen molar-refractivity contribution in [1.82, 2.24) is 19.9 Å². The number of imidazole rings is 1. The van der Waals surface area contributed by atoms with Crippen molar-refractivity contribution in [1.29, 1.82) is 0 Å². The molecule has 3 aromatic rings. The monoisotopic (exact) mass is 285 g/mol. The molecule has 4 rings (SSSR count). The van der Waals surface area contributed by atoms with Crippen LogP contribution in [0.5, 0.6) is 5.75 Å². The summed E-state index contributed by atoms with van der Waals surface area (Å²) in [6, 6.07) is 6.11. The fourth-order valence-corrected chi connectivity index (χ4v) is 2.54. The number of nitrogen functional groups attached to an aromatic ring is 1. The maximum absolute atomic E-state index is 13.1. The molecule has 0 atom stereocenters. The lowest BCUT2D eigenvalue weighted by Gasteiger charge is -2.02. The number of nitrogens with two attached hydrogens (primary N) is 1. The van der Waals surface area contributed by atoms with Crippen molar-refractivity contribution in [2.24, 2.45) is 0 Å². The molecule has 1 aliphatic rings. The Morgan fingerprint density at radius 2 is 2.19 bits per heavy atom. The first-order valence-corrected chi connectivity index (χ1v) is 6.61. The molecule has 3 heterocycles. The molecule has 0 aliphatic carbocycles. The van der Waals surface area contributed by atoms with E-state index in [1.807, 2.05) is 12.1 Å². The first kappa shape index (κ1) is 12.1. The molecule has 21 heavy (non-hydrogen) atoms. The Hall–Kier alpha value is -2.70. The van der Waals surface area contributed by atoms with Crippen LogP contribution in [0, 0.1) is 6.08 Å². The van der Waals surface area contributed by atoms with Gasteiger partial charge in [0.15, 0.2) is 17.0 Å². The molecule has 0 bridgehead atoms. The van der Waals surface area contributed by atoms with Gasteiger partial charge in [0.25, 0.3) is 0 Å². The predicted molar refractivity (Wildman–Crippen MR) is 74.5 cm³/mol. The Bertz CT molecular complexity index is 845. The quantitative estimate of drug-likeness (QED) is 0.698. The van der Waals surface area contributed by atoms with Crippen molar-refractivity contribution in [2.75, 3.05) is 12.3 Å². The Morgan fingerprint density at radius 1 is 1.29 bits per heavy atom. The molecule has 0 amide bonds. The third-order valence-electron chi connectivity index (χ3n) is 3.53. The van der Waals surface area contributed by atoms with E-state index >= 15 is 0 Å². The molecule has 3 N–H and O–H groups in total. The van der Waals surface area contributed by atoms with E-state index < -0.39 is 6.08 Å². The zero-order valence-corrected chi connectivity index (χ0v) is 11.1. The first-order valence-electron chi connectivity index (χ1n) is 6.61. The Labute approximate surface area is 119 Å². The highest BCUT2D eigenvalue weighted by Crippen LogP contribution is 2.27. The molecule has 0 radical (unpaired) electrons. The van der Waals surface area contributed by atoms with Gasteiger partial charge in [-0.05, 0) is 17.2 Å². The van der Waals surface area contributed by atoms with Crippen molar-refractivity contribution in [3.63, 3.8) is 0 Å². The number of rotatable bonds is 2. The number of anilines is 1. The van der Waals surface area contributed by atoms with E-state index in [1.165, 1.54) is 5.56 Å². The Kier molecular flexibility index (Phi) is 2.53. The molecule has 6 nitrogen and oxygen atoms in total. The number of aromatic nitrogens is 4. The van der Waals surface area contributed by atoms with E-state index in [-0.39, 0.29) is 5.82 Å². The summed E-state index contributed by atoms with van der Waals surface area (Å²) in [4.78, 5) is 14.4. The number of benzene rings is 1. The number of nitrogens with zero attached hydrogens (tertiary/aromatic N) is 3. The van der Waals surface area contributed by atoms with Crippen LogP contribution in [-0.2, 0) is 12.8 Å². The maximum atomic E-state index is 13.1. The van der Waals surface area contributed by atoms with Gasteiger partial charge < -0.3 is 15.5 Å². The van der Waals surface area contributed by atoms with E-state index in [2.05, 4.69) is 26.0 Å². The largest absolute Gasteiger partial charge is 0.493 e. The van der Waals surface area contributed by atoms with Crippen LogP contribution < -0.4 is 10.5 Å². The predicted octanol–water partition coefficient (Wildman–Crippen LogP) is 1.60. The summed E-state index contributed by atoms with van der Waals surface area (Å²) in [7, 11) is 0. The van der Waals surface area contributed by atoms with Crippen molar-refractivity contribution >= 4 is 17.0 Å². The number of aromatic amines is 1. The minimum Gasteiger partial charge on any atom is -0.493 e. The lowest BCUT2D eigenvalue weighted by Crippen LogP contribution is -1.97. The summed E-state index contributed by atoms with van der Waals surface area (Å²) in [5.74, 6) is 1.63. The van der Waals surface area contributed by atoms with Crippen LogP contribution in [0.3, 0.4) is 0 Å². The highest BCUT2D eigenvalue weighted by atomic mass is 19.1. The van der Waals surface area contributed by atoms with Gasteiger partial charge in [-0.3, -0.25) is 0 Å². The second-order valence-electron chi connectivity index (χ2n) is 4.98. The van der Waals surface area contributed by atoms with Crippen LogP contribution in [0.1, 0.15) is 17.0 Å². The molecule has 2 aromatic heterocycles. The summed E-state index contributed by atoms with van der Waals surface area (Å²) in [6.45, 7) is 0.731. The Balaban J connectivity index is 1.69. The van der Waals surface area contributed by atoms with Crippen LogP contribution >= 0.6 is 0 Å². The topological polar surface area (TPSA) is 89.7 Å². The molecule has 0 spiro atoms. The number of halogens is 1. The van der Waals surface area contributed by atoms with E-state index in [9.17, 15) is 4.39 Å². The number of H-pyrrole nitrogens is 1. The standard InChI is InChI=1S/C14H12FN5O/c15-14-19-12(16)11-13(20-14)18-10(17-11)6-7-1-2-8-3-4-21-9(8)5-7/h1-2,5H,3-4,6H2,(H3,16,17,18,19,20). The molecular formula is C14H12FN5O. The Morgan fingerprint density at radius 3 is 3.10 bits per heavy atom. The number of fused-ring (bicyclic) bond motifs is 2. The van der Waals surface area contributed by atoms with Gasteiger partial charge in [0.2, 0.25) is 0 Å². The lowest BCUT2D eigenvalue weighted by molar-refractivity contribution is 0.356. The third kappa shape index (κ3) is 2.06. The van der Waals surface area contributed by atoms with E-state index in [0.717, 1.165) is 24.3 Å². The molecule has 0 fully saturated rings. The van der Waals surface area contributed by atoms with Crippen LogP contribution in [-0.4, -0.2) is 26.5 Å². The number of hydrogen-bond acceptors (Lipinski definition) is 5. The molecule has 0 saturated heterocycles. The summed E-state index contributed by atoms with van der Waals surface area (Å²) in [6.07, 6.45) is 0.654. The summed E-state index contributed by atoms with van der Waals surface area (Å²) in [5.41, 5.74) is 8.63. The van der Waals surface area contributed by atoms with Crippen LogP contribution in [0.2, 0.25) is 0 Å². The second kappa shape index (κ2) is 4.41. The highest BCUT2D eigenvalue weighted by molar-refractivity contribution is 5.81.